The highest BCUT2D eigenvalue weighted by Crippen LogP contribution is 2.39. The Balaban J connectivity index is 0.000000222. The minimum atomic E-state index is -3.55. The second kappa shape index (κ2) is 24.8. The molecule has 0 saturated carbocycles. The molecule has 7 N–H and O–H groups in total. The van der Waals surface area contributed by atoms with E-state index in [1.165, 1.54) is 24.0 Å². The lowest BCUT2D eigenvalue weighted by atomic mass is 9.87. The molecule has 0 bridgehead atoms. The predicted molar refractivity (Wildman–Crippen MR) is 309 cm³/mol. The number of aromatic nitrogens is 4. The van der Waals surface area contributed by atoms with Crippen molar-refractivity contribution < 1.29 is 21.6 Å². The number of hydrogen-bond acceptors (Lipinski definition) is 16. The molecule has 0 atom stereocenters. The van der Waals surface area contributed by atoms with Gasteiger partial charge in [0.15, 0.2) is 31.3 Å². The van der Waals surface area contributed by atoms with E-state index in [1.807, 2.05) is 26.0 Å². The summed E-state index contributed by atoms with van der Waals surface area (Å²) < 4.78 is 51.5. The van der Waals surface area contributed by atoms with Gasteiger partial charge in [-0.1, -0.05) is 66.2 Å². The lowest BCUT2D eigenvalue weighted by Crippen LogP contribution is -2.29. The van der Waals surface area contributed by atoms with E-state index >= 15 is 0 Å². The van der Waals surface area contributed by atoms with Crippen LogP contribution in [0.3, 0.4) is 0 Å². The van der Waals surface area contributed by atoms with Gasteiger partial charge in [-0.15, -0.1) is 0 Å². The number of nitrogens with zero attached hydrogens (tertiary/aromatic N) is 6. The average molecular weight is 1110 g/mol. The van der Waals surface area contributed by atoms with E-state index in [0.717, 1.165) is 79.9 Å². The van der Waals surface area contributed by atoms with E-state index in [1.54, 1.807) is 76.2 Å². The van der Waals surface area contributed by atoms with Crippen LogP contribution in [0, 0.1) is 13.8 Å². The van der Waals surface area contributed by atoms with Gasteiger partial charge in [-0.2, -0.15) is 9.97 Å². The second-order valence-corrected chi connectivity index (χ2v) is 25.6. The molecular formula is C55H68Cl2N12O5S2. The van der Waals surface area contributed by atoms with Crippen LogP contribution in [0.1, 0.15) is 87.5 Å². The van der Waals surface area contributed by atoms with Gasteiger partial charge in [-0.25, -0.2) is 26.8 Å². The Kier molecular flexibility index (Phi) is 18.7. The van der Waals surface area contributed by atoms with Crippen LogP contribution in [-0.2, 0) is 24.5 Å². The molecule has 1 amide bonds. The minimum absolute atomic E-state index is 0.164. The fourth-order valence-corrected chi connectivity index (χ4v) is 11.7. The third-order valence-corrected chi connectivity index (χ3v) is 18.7. The molecule has 0 unspecified atom stereocenters. The third-order valence-electron chi connectivity index (χ3n) is 13.7. The van der Waals surface area contributed by atoms with Gasteiger partial charge in [0, 0.05) is 22.7 Å². The van der Waals surface area contributed by atoms with E-state index in [9.17, 15) is 21.6 Å². The topological polar surface area (TPSA) is 230 Å². The summed E-state index contributed by atoms with van der Waals surface area (Å²) in [6, 6.07) is 21.4. The van der Waals surface area contributed by atoms with Crippen molar-refractivity contribution >= 4 is 106 Å². The highest BCUT2D eigenvalue weighted by molar-refractivity contribution is 7.92. The van der Waals surface area contributed by atoms with Crippen LogP contribution in [0.5, 0.6) is 0 Å². The zero-order valence-corrected chi connectivity index (χ0v) is 47.4. The summed E-state index contributed by atoms with van der Waals surface area (Å²) in [6.45, 7) is 18.3. The van der Waals surface area contributed by atoms with E-state index in [-0.39, 0.29) is 37.5 Å². The van der Waals surface area contributed by atoms with Crippen LogP contribution in [-0.4, -0.2) is 103 Å². The number of carbonyl (C=O) groups excluding carboxylic acids is 1. The van der Waals surface area contributed by atoms with Crippen molar-refractivity contribution in [3.05, 3.63) is 130 Å². The zero-order chi connectivity index (χ0) is 55.1. The van der Waals surface area contributed by atoms with Gasteiger partial charge in [-0.3, -0.25) is 4.79 Å². The summed E-state index contributed by atoms with van der Waals surface area (Å²) in [4.78, 5) is 35.0. The third kappa shape index (κ3) is 13.8. The molecule has 4 heterocycles. The van der Waals surface area contributed by atoms with Gasteiger partial charge in [0.2, 0.25) is 17.8 Å². The number of sulfone groups is 2. The molecule has 0 radical (unpaired) electrons. The molecule has 0 spiro atoms. The lowest BCUT2D eigenvalue weighted by Gasteiger charge is -2.31. The fourth-order valence-electron chi connectivity index (χ4n) is 9.04. The molecule has 2 saturated heterocycles. The summed E-state index contributed by atoms with van der Waals surface area (Å²) in [6.07, 6.45) is 8.37. The maximum atomic E-state index is 12.9. The quantitative estimate of drug-likeness (QED) is 0.0391. The van der Waals surface area contributed by atoms with E-state index in [2.05, 4.69) is 89.1 Å². The van der Waals surface area contributed by atoms with Crippen molar-refractivity contribution in [2.75, 3.05) is 72.6 Å². The van der Waals surface area contributed by atoms with E-state index in [0.29, 0.717) is 46.4 Å². The van der Waals surface area contributed by atoms with Crippen LogP contribution in [0.15, 0.2) is 108 Å². The number of carbonyl (C=O) groups is 1. The first kappa shape index (κ1) is 57.4. The SMILES string of the molecule is C=CC(=O)Nc1cc(Nc2ncc(Cl)c(Nc3ccccc3S(=O)(=O)C(C)C)n2)c(C)cc1C1CCN(C)CC1.Cc1cc(C2CCN(C)CC2)c(N)cc1Nc1ncc(Cl)c(Nc2ccccc2S(=O)(=O)C(C)C)n1. The maximum absolute atomic E-state index is 12.9. The van der Waals surface area contributed by atoms with E-state index < -0.39 is 30.2 Å². The van der Waals surface area contributed by atoms with Gasteiger partial charge >= 0.3 is 0 Å². The molecule has 2 aliphatic heterocycles. The Morgan fingerprint density at radius 1 is 0.632 bits per heavy atom. The summed E-state index contributed by atoms with van der Waals surface area (Å²) in [5.74, 6) is 1.63. The number of aryl methyl sites for hydroxylation is 2. The Hall–Kier alpha value is -6.35. The number of amides is 1. The standard InChI is InChI=1S/C29H35ClN6O3S.C26H33ClN6O2S/c1-6-27(37)32-25-16-24(19(4)15-21(25)20-11-13-36(5)14-12-20)34-29-31-17-22(30)28(35-29)33-23-9-7-8-10-26(23)40(38,39)18(2)3;1-16(2)36(34,35)24-8-6-5-7-22(24)30-25-20(27)15-29-26(32-25)31-23-14-21(28)19(13-17(23)3)18-9-11-33(4)12-10-18/h6-10,15-18,20H,1,11-14H2,2-5H3,(H,32,37)(H2,31,33,34,35);5-8,13-16,18H,9-12,28H2,1-4H3,(H2,29,30,31,32). The summed E-state index contributed by atoms with van der Waals surface area (Å²) in [5, 5.41) is 14.9. The Morgan fingerprint density at radius 2 is 1.04 bits per heavy atom. The monoisotopic (exact) mass is 1110 g/mol. The lowest BCUT2D eigenvalue weighted by molar-refractivity contribution is -0.111. The predicted octanol–water partition coefficient (Wildman–Crippen LogP) is 11.5. The average Bonchev–Trinajstić information content (AvgIpc) is 3.39. The van der Waals surface area contributed by atoms with Crippen molar-refractivity contribution in [3.63, 3.8) is 0 Å². The van der Waals surface area contributed by atoms with Crippen LogP contribution in [0.2, 0.25) is 10.0 Å². The molecule has 2 fully saturated rings. The van der Waals surface area contributed by atoms with Crippen LogP contribution < -0.4 is 32.3 Å². The van der Waals surface area contributed by atoms with Crippen molar-refractivity contribution in [2.24, 2.45) is 0 Å². The first-order chi connectivity index (χ1) is 36.0. The van der Waals surface area contributed by atoms with Gasteiger partial charge in [0.25, 0.3) is 0 Å². The number of likely N-dealkylation sites (tertiary alicyclic amines) is 2. The molecular weight excluding hydrogens is 1040 g/mol. The molecule has 8 rings (SSSR count). The summed E-state index contributed by atoms with van der Waals surface area (Å²) in [7, 11) is -2.79. The molecule has 2 aromatic heterocycles. The Morgan fingerprint density at radius 3 is 1.47 bits per heavy atom. The smallest absolute Gasteiger partial charge is 0.247 e. The highest BCUT2D eigenvalue weighted by Gasteiger charge is 2.27. The van der Waals surface area contributed by atoms with Crippen molar-refractivity contribution in [1.29, 1.82) is 0 Å². The van der Waals surface area contributed by atoms with Gasteiger partial charge in [0.05, 0.1) is 44.1 Å². The number of nitrogens with one attached hydrogen (secondary N) is 5. The van der Waals surface area contributed by atoms with Gasteiger partial charge < -0.3 is 42.1 Å². The maximum Gasteiger partial charge on any atom is 0.247 e. The number of nitrogens with two attached hydrogens (primary N) is 1. The number of para-hydroxylation sites is 2. The number of benzene rings is 4. The molecule has 0 aliphatic carbocycles. The fraction of sp³-hybridized carbons (Fsp3) is 0.364. The molecule has 21 heteroatoms. The van der Waals surface area contributed by atoms with Crippen molar-refractivity contribution in [1.82, 2.24) is 29.7 Å². The number of rotatable bonds is 16. The highest BCUT2D eigenvalue weighted by atomic mass is 35.5. The first-order valence-electron chi connectivity index (χ1n) is 25.2. The second-order valence-electron chi connectivity index (χ2n) is 19.9. The molecule has 6 aromatic rings. The number of anilines is 10. The zero-order valence-electron chi connectivity index (χ0n) is 44.2. The largest absolute Gasteiger partial charge is 0.398 e. The molecule has 404 valence electrons. The van der Waals surface area contributed by atoms with Crippen LogP contribution in [0.25, 0.3) is 0 Å². The van der Waals surface area contributed by atoms with Gasteiger partial charge in [0.1, 0.15) is 10.0 Å². The van der Waals surface area contributed by atoms with Crippen molar-refractivity contribution in [2.45, 2.75) is 99.4 Å². The molecule has 76 heavy (non-hydrogen) atoms. The number of hydrogen-bond donors (Lipinski definition) is 6. The molecule has 4 aromatic carbocycles. The molecule has 2 aliphatic rings. The number of halogens is 2. The number of nitrogen functional groups attached to an aromatic ring is 1. The normalized spacial score (nSPS) is 14.9. The summed E-state index contributed by atoms with van der Waals surface area (Å²) >= 11 is 12.8. The van der Waals surface area contributed by atoms with Gasteiger partial charge in [-0.05, 0) is 184 Å². The Labute approximate surface area is 457 Å². The first-order valence-corrected chi connectivity index (χ1v) is 29.0. The minimum Gasteiger partial charge on any atom is -0.398 e. The number of piperidine rings is 2. The molecule has 17 nitrogen and oxygen atoms in total. The Bertz CT molecular complexity index is 3310. The van der Waals surface area contributed by atoms with Crippen LogP contribution >= 0.6 is 23.2 Å². The van der Waals surface area contributed by atoms with Crippen molar-refractivity contribution in [3.8, 4) is 0 Å². The summed E-state index contributed by atoms with van der Waals surface area (Å²) in [5.41, 5.74) is 14.5. The van der Waals surface area contributed by atoms with E-state index in [4.69, 9.17) is 28.9 Å². The van der Waals surface area contributed by atoms with Crippen LogP contribution in [0.4, 0.5) is 57.7 Å².